The van der Waals surface area contributed by atoms with Crippen molar-refractivity contribution in [1.82, 2.24) is 28.3 Å². The van der Waals surface area contributed by atoms with Gasteiger partial charge in [-0.25, -0.2) is 15.0 Å². The smallest absolute Gasteiger partial charge is 0.146 e. The molecule has 0 unspecified atom stereocenters. The lowest BCUT2D eigenvalue weighted by atomic mass is 10.0. The van der Waals surface area contributed by atoms with Crippen LogP contribution in [0.25, 0.3) is 127 Å². The molecule has 6 aromatic heterocycles. The average molecular weight is 777 g/mol. The Balaban J connectivity index is 1.08. The predicted molar refractivity (Wildman–Crippen MR) is 252 cm³/mol. The van der Waals surface area contributed by atoms with Gasteiger partial charge in [0, 0.05) is 43.4 Å². The maximum atomic E-state index is 5.58. The molecule has 0 aliphatic carbocycles. The molecule has 0 saturated carbocycles. The van der Waals surface area contributed by atoms with E-state index >= 15 is 0 Å². The number of hydrogen-bond donors (Lipinski definition) is 0. The zero-order valence-electron chi connectivity index (χ0n) is 32.7. The maximum absolute atomic E-state index is 5.58. The lowest BCUT2D eigenvalue weighted by Gasteiger charge is -2.15. The van der Waals surface area contributed by atoms with Crippen molar-refractivity contribution in [3.63, 3.8) is 0 Å². The molecule has 6 heterocycles. The Kier molecular flexibility index (Phi) is 6.46. The van der Waals surface area contributed by atoms with Crippen molar-refractivity contribution in [2.75, 3.05) is 0 Å². The van der Waals surface area contributed by atoms with Crippen LogP contribution in [0.1, 0.15) is 0 Å². The molecule has 0 spiro atoms. The molecule has 0 N–H and O–H groups in total. The third kappa shape index (κ3) is 4.53. The van der Waals surface area contributed by atoms with Crippen LogP contribution in [0.4, 0.5) is 0 Å². The number of fused-ring (bicyclic) bond motifs is 19. The minimum Gasteiger partial charge on any atom is -0.309 e. The first-order chi connectivity index (χ1) is 30.2. The molecule has 0 aliphatic rings. The first kappa shape index (κ1) is 32.6. The lowest BCUT2D eigenvalue weighted by Crippen LogP contribution is -1.99. The van der Waals surface area contributed by atoms with Crippen molar-refractivity contribution < 1.29 is 0 Å². The number of benzene rings is 8. The van der Waals surface area contributed by atoms with E-state index in [0.717, 1.165) is 94.4 Å². The Morgan fingerprint density at radius 2 is 0.656 bits per heavy atom. The van der Waals surface area contributed by atoms with E-state index in [2.05, 4.69) is 207 Å². The summed E-state index contributed by atoms with van der Waals surface area (Å²) in [5.41, 5.74) is 15.4. The number of hydrogen-bond acceptors (Lipinski definition) is 3. The monoisotopic (exact) mass is 776 g/mol. The van der Waals surface area contributed by atoms with Crippen molar-refractivity contribution in [3.8, 4) is 28.2 Å². The van der Waals surface area contributed by atoms with E-state index in [1.165, 1.54) is 32.3 Å². The highest BCUT2D eigenvalue weighted by Gasteiger charge is 2.19. The van der Waals surface area contributed by atoms with Crippen LogP contribution < -0.4 is 0 Å². The molecule has 0 bridgehead atoms. The minimum atomic E-state index is 0.888. The molecule has 14 aromatic rings. The molecule has 282 valence electrons. The number of pyridine rings is 3. The molecular formula is C55H32N6. The van der Waals surface area contributed by atoms with E-state index < -0.39 is 0 Å². The van der Waals surface area contributed by atoms with Crippen LogP contribution in [0.3, 0.4) is 0 Å². The minimum absolute atomic E-state index is 0.888. The predicted octanol–water partition coefficient (Wildman–Crippen LogP) is 13.7. The molecule has 0 saturated heterocycles. The molecule has 6 nitrogen and oxygen atoms in total. The molecule has 6 heteroatoms. The Morgan fingerprint density at radius 1 is 0.279 bits per heavy atom. The van der Waals surface area contributed by atoms with Gasteiger partial charge in [-0.15, -0.1) is 0 Å². The van der Waals surface area contributed by atoms with Gasteiger partial charge in [-0.3, -0.25) is 8.80 Å². The number of para-hydroxylation sites is 6. The Morgan fingerprint density at radius 3 is 1.13 bits per heavy atom. The molecule has 0 radical (unpaired) electrons. The van der Waals surface area contributed by atoms with Crippen LogP contribution in [0.15, 0.2) is 194 Å². The number of aromatic nitrogens is 6. The van der Waals surface area contributed by atoms with E-state index in [0.29, 0.717) is 0 Å². The summed E-state index contributed by atoms with van der Waals surface area (Å²) < 4.78 is 7.04. The summed E-state index contributed by atoms with van der Waals surface area (Å²) in [4.78, 5) is 15.9. The van der Waals surface area contributed by atoms with Gasteiger partial charge in [-0.2, -0.15) is 0 Å². The van der Waals surface area contributed by atoms with Crippen molar-refractivity contribution in [2.24, 2.45) is 0 Å². The number of nitrogens with zero attached hydrogens (tertiary/aromatic N) is 6. The van der Waals surface area contributed by atoms with Crippen LogP contribution >= 0.6 is 0 Å². The fraction of sp³-hybridized carbons (Fsp3) is 0. The maximum Gasteiger partial charge on any atom is 0.146 e. The molecule has 14 rings (SSSR count). The van der Waals surface area contributed by atoms with Gasteiger partial charge in [-0.05, 0) is 71.4 Å². The van der Waals surface area contributed by atoms with E-state index in [9.17, 15) is 0 Å². The summed E-state index contributed by atoms with van der Waals surface area (Å²) in [6.45, 7) is 0. The second-order valence-corrected chi connectivity index (χ2v) is 16.0. The molecule has 0 atom stereocenters. The van der Waals surface area contributed by atoms with Gasteiger partial charge < -0.3 is 4.57 Å². The molecular weight excluding hydrogens is 745 g/mol. The average Bonchev–Trinajstić information content (AvgIpc) is 4.02. The summed E-state index contributed by atoms with van der Waals surface area (Å²) in [7, 11) is 0. The number of rotatable bonds is 3. The quantitative estimate of drug-likeness (QED) is 0.168. The van der Waals surface area contributed by atoms with Crippen LogP contribution in [0, 0.1) is 0 Å². The van der Waals surface area contributed by atoms with Gasteiger partial charge in [-0.1, -0.05) is 133 Å². The molecule has 8 aromatic carbocycles. The van der Waals surface area contributed by atoms with Crippen molar-refractivity contribution in [2.45, 2.75) is 0 Å². The highest BCUT2D eigenvalue weighted by Crippen LogP contribution is 2.39. The Labute approximate surface area is 347 Å². The van der Waals surface area contributed by atoms with Crippen LogP contribution in [0.5, 0.6) is 0 Å². The summed E-state index contributed by atoms with van der Waals surface area (Å²) in [6.07, 6.45) is 0. The molecule has 0 aliphatic heterocycles. The van der Waals surface area contributed by atoms with Gasteiger partial charge in [0.05, 0.1) is 61.2 Å². The van der Waals surface area contributed by atoms with E-state index in [1.54, 1.807) is 0 Å². The summed E-state index contributed by atoms with van der Waals surface area (Å²) in [5.74, 6) is 0. The summed E-state index contributed by atoms with van der Waals surface area (Å²) in [5, 5.41) is 9.42. The fourth-order valence-corrected chi connectivity index (χ4v) is 10.1. The van der Waals surface area contributed by atoms with Gasteiger partial charge >= 0.3 is 0 Å². The highest BCUT2D eigenvalue weighted by molar-refractivity contribution is 6.16. The second kappa shape index (κ2) is 12.1. The van der Waals surface area contributed by atoms with Crippen molar-refractivity contribution in [3.05, 3.63) is 194 Å². The zero-order valence-corrected chi connectivity index (χ0v) is 32.7. The third-order valence-corrected chi connectivity index (χ3v) is 12.8. The third-order valence-electron chi connectivity index (χ3n) is 12.8. The van der Waals surface area contributed by atoms with Crippen LogP contribution in [-0.4, -0.2) is 28.3 Å². The summed E-state index contributed by atoms with van der Waals surface area (Å²) in [6, 6.07) is 69.5. The van der Waals surface area contributed by atoms with Crippen LogP contribution in [0.2, 0.25) is 0 Å². The fourth-order valence-electron chi connectivity index (χ4n) is 10.1. The van der Waals surface area contributed by atoms with Crippen molar-refractivity contribution >= 4 is 98.5 Å². The SMILES string of the molecule is c1ccc2c(c1)nc1c3ccccc3c3ccc(-c4cc(-n5c6ccccc6c6ccccc65)cc(-c5ccc6c7ccccc7c7nc8ccccc8n7c6c5)n4)cc3n21. The second-order valence-electron chi connectivity index (χ2n) is 16.0. The van der Waals surface area contributed by atoms with Gasteiger partial charge in [0.25, 0.3) is 0 Å². The van der Waals surface area contributed by atoms with Crippen molar-refractivity contribution in [1.29, 1.82) is 0 Å². The highest BCUT2D eigenvalue weighted by atomic mass is 15.0. The van der Waals surface area contributed by atoms with Crippen LogP contribution in [-0.2, 0) is 0 Å². The Hall–Kier alpha value is -8.35. The topological polar surface area (TPSA) is 52.4 Å². The van der Waals surface area contributed by atoms with Gasteiger partial charge in [0.15, 0.2) is 0 Å². The normalized spacial score (nSPS) is 12.3. The first-order valence-corrected chi connectivity index (χ1v) is 20.7. The van der Waals surface area contributed by atoms with E-state index in [1.807, 2.05) is 0 Å². The standard InChI is InChI=1S/C55H32N6/c1-3-17-42-36(13-1)40-27-25-33(29-52(40)60-50-23-11-7-19-44(50)57-54(42)60)46-31-35(59-48-21-9-5-15-38(48)39-16-6-10-22-49(39)59)32-47(56-46)34-26-28-41-37-14-2-4-18-43(37)55-58-45-20-8-12-24-51(45)61(55)53(41)30-34/h1-32H. The lowest BCUT2D eigenvalue weighted by molar-refractivity contribution is 1.16. The molecule has 61 heavy (non-hydrogen) atoms. The summed E-state index contributed by atoms with van der Waals surface area (Å²) >= 11 is 0. The van der Waals surface area contributed by atoms with Gasteiger partial charge in [0.2, 0.25) is 0 Å². The first-order valence-electron chi connectivity index (χ1n) is 20.7. The molecule has 0 amide bonds. The van der Waals surface area contributed by atoms with E-state index in [4.69, 9.17) is 15.0 Å². The Bertz CT molecular complexity index is 3920. The zero-order chi connectivity index (χ0) is 39.8. The molecule has 0 fully saturated rings. The number of imidazole rings is 2. The largest absolute Gasteiger partial charge is 0.309 e. The van der Waals surface area contributed by atoms with Gasteiger partial charge in [0.1, 0.15) is 11.3 Å². The van der Waals surface area contributed by atoms with E-state index in [-0.39, 0.29) is 0 Å².